The molecule has 0 fully saturated rings. The zero-order valence-electron chi connectivity index (χ0n) is 74.4. The van der Waals surface area contributed by atoms with Crippen LogP contribution in [0.2, 0.25) is 0 Å². The predicted molar refractivity (Wildman–Crippen MR) is 365 cm³/mol. The molecule has 0 bridgehead atoms. The van der Waals surface area contributed by atoms with Gasteiger partial charge in [0.15, 0.2) is 0 Å². The monoisotopic (exact) mass is 4600 g/mol. The van der Waals surface area contributed by atoms with Gasteiger partial charge in [-0.3, -0.25) is 0 Å². The van der Waals surface area contributed by atoms with E-state index in [9.17, 15) is 0 Å². The van der Waals surface area contributed by atoms with Crippen LogP contribution in [0.5, 0.6) is 0 Å². The van der Waals surface area contributed by atoms with E-state index in [4.69, 9.17) is 168 Å². The molecule has 0 rings (SSSR count). The van der Waals surface area contributed by atoms with Gasteiger partial charge in [-0.2, -0.15) is 0 Å². The van der Waals surface area contributed by atoms with Crippen LogP contribution in [-0.4, -0.2) is 512 Å². The summed E-state index contributed by atoms with van der Waals surface area (Å²) in [5.41, 5.74) is 0. The van der Waals surface area contributed by atoms with E-state index in [2.05, 4.69) is 496 Å². The van der Waals surface area contributed by atoms with Crippen LogP contribution in [0.3, 0.4) is 0 Å². The molecule has 0 aromatic heterocycles. The standard InChI is InChI=1S/32CHNSe.31K/c32*2-1-3;;;;;;;;;;;;;;;;;;;;;;;;;;;;;;;/h32*3H;;;;;;;;;;;;;;;;;;;;;;;;;;;;;;;/q;;;;;;;;;;;;;;;;;;;;;;;;;;;;;;;;31*+1/p-31. The zero-order valence-corrected chi connectivity index (χ0v) is 226. The molecule has 0 amide bonds. The van der Waals surface area contributed by atoms with Crippen LogP contribution >= 0.6 is 0 Å². The van der Waals surface area contributed by atoms with Crippen molar-refractivity contribution in [2.45, 2.75) is 0 Å². The van der Waals surface area contributed by atoms with Gasteiger partial charge in [0.05, 0.1) is 0 Å². The van der Waals surface area contributed by atoms with Crippen LogP contribution in [0.1, 0.15) is 0 Å². The third kappa shape index (κ3) is 2080. The average molecular weight is 4570 g/mol. The van der Waals surface area contributed by atoms with E-state index in [1.165, 1.54) is 0 Å². The molecule has 0 aliphatic carbocycles. The van der Waals surface area contributed by atoms with Gasteiger partial charge in [0.2, 0.25) is 0 Å². The Morgan fingerprint density at radius 2 is 0.0787 bits per heavy atom. The molecule has 95 heteroatoms. The first-order chi connectivity index (χ1) is 45.3. The Balaban J connectivity index is -0.00000000542. The van der Waals surface area contributed by atoms with Crippen molar-refractivity contribution in [1.82, 2.24) is 0 Å². The van der Waals surface area contributed by atoms with Gasteiger partial charge in [0.1, 0.15) is 0 Å². The van der Waals surface area contributed by atoms with Gasteiger partial charge in [-0.15, -0.1) is 0 Å². The van der Waals surface area contributed by atoms with Crippen molar-refractivity contribution >= 4 is 512 Å². The second kappa shape index (κ2) is 796. The third-order valence-corrected chi connectivity index (χ3v) is 0. The Kier molecular flexibility index (Phi) is 2640. The summed E-state index contributed by atoms with van der Waals surface area (Å²) >= 11 is 67.2. The van der Waals surface area contributed by atoms with E-state index in [0.29, 0.717) is 0 Å². The van der Waals surface area contributed by atoms with Crippen molar-refractivity contribution in [2.24, 2.45) is 0 Å². The van der Waals surface area contributed by atoms with Crippen LogP contribution in [0, 0.1) is 327 Å². The van der Waals surface area contributed by atoms with Gasteiger partial charge in [0, 0.05) is 0 Å². The maximum absolute atomic E-state index is 7.29. The van der Waals surface area contributed by atoms with Crippen molar-refractivity contribution < 1.29 is 1590 Å². The van der Waals surface area contributed by atoms with Crippen LogP contribution in [0.4, 0.5) is 0 Å². The number of rotatable bonds is 0. The Morgan fingerprint density at radius 3 is 0.0787 bits per heavy atom. The Morgan fingerprint density at radius 1 is 0.0787 bits per heavy atom. The van der Waals surface area contributed by atoms with E-state index in [1.54, 1.807) is 175 Å². The fraction of sp³-hybridized carbons (Fsp3) is 0. The quantitative estimate of drug-likeness (QED) is 0.203. The Labute approximate surface area is 2340 Å². The minimum Gasteiger partial charge on any atom is 1.00 e. The second-order valence-corrected chi connectivity index (χ2v) is 15.2. The number of nitrogens with zero attached hydrogens (tertiary/aromatic N) is 32. The van der Waals surface area contributed by atoms with Crippen molar-refractivity contribution in [2.75, 3.05) is 0 Å². The summed E-state index contributed by atoms with van der Waals surface area (Å²) in [5.74, 6) is 0. The summed E-state index contributed by atoms with van der Waals surface area (Å²) in [6.45, 7) is 0. The van der Waals surface area contributed by atoms with E-state index >= 15 is 0 Å². The molecule has 0 saturated heterocycles. The molecule has 0 N–H and O–H groups in total. The fourth-order valence-corrected chi connectivity index (χ4v) is 0. The molecule has 512 valence electrons. The van der Waals surface area contributed by atoms with Gasteiger partial charge >= 0.3 is 2430 Å². The molecular weight excluding hydrogens is 4570 g/mol. The molecular formula is C32HK31N32Se32. The SMILES string of the molecule is N#C[Se-].N#C[Se-].N#C[Se-].N#C[Se-].N#C[Se-].N#C[Se-].N#C[Se-].N#C[Se-].N#C[Se-].N#C[Se-].N#C[Se-].N#C[Se-].N#C[Se-].N#C[Se-].N#C[Se-].N#C[Se-].N#C[Se-].N#C[Se-].N#C[Se-].N#C[Se-].N#C[Se-].N#C[Se-].N#C[Se-].N#C[Se-].N#C[Se-].N#C[Se-].N#C[Se-].N#C[Se-].N#C[Se-].N#C[Se-].N#C[Se-].N#C[SeH].[K+].[K+].[K+].[K+].[K+].[K+].[K+].[K+].[K+].[K+].[K+].[K+].[K+].[K+].[K+].[K+].[K+].[K+].[K+].[K+].[K+].[K+].[K+].[K+].[K+].[K+].[K+].[K+].[K+].[K+].[K+]. The smallest absolute Gasteiger partial charge is 1.00 e. The molecule has 0 saturated carbocycles. The third-order valence-electron chi connectivity index (χ3n) is 0. The van der Waals surface area contributed by atoms with E-state index in [0.717, 1.165) is 0 Å². The fourth-order valence-electron chi connectivity index (χ4n) is 0. The summed E-state index contributed by atoms with van der Waals surface area (Å²) in [6, 6.07) is 0. The maximum atomic E-state index is 7.29. The normalized spacial score (nSPS) is 1.77. The molecule has 0 unspecified atom stereocenters. The number of hydrogen-bond acceptors (Lipinski definition) is 32. The molecule has 0 heterocycles. The molecule has 0 spiro atoms. The van der Waals surface area contributed by atoms with Crippen molar-refractivity contribution in [3.63, 3.8) is 0 Å². The summed E-state index contributed by atoms with van der Waals surface area (Å²) in [5, 5.41) is 232. The maximum Gasteiger partial charge on any atom is 1.00 e. The van der Waals surface area contributed by atoms with Gasteiger partial charge in [0.25, 0.3) is 0 Å². The second-order valence-electron chi connectivity index (χ2n) is 2.93. The summed E-state index contributed by atoms with van der Waals surface area (Å²) in [6.07, 6.45) is 0. The van der Waals surface area contributed by atoms with E-state index in [1.807, 2.05) is 0 Å². The molecule has 0 aliphatic rings. The van der Waals surface area contributed by atoms with E-state index in [-0.39, 0.29) is 1590 Å². The Hall–Kier alpha value is 51.0. The zero-order chi connectivity index (χ0) is 86.6. The summed E-state index contributed by atoms with van der Waals surface area (Å²) in [4.78, 5) is 52.1. The summed E-state index contributed by atoms with van der Waals surface area (Å²) in [7, 11) is 0. The van der Waals surface area contributed by atoms with Crippen LogP contribution in [0.15, 0.2) is 0 Å². The molecule has 127 heavy (non-hydrogen) atoms. The first kappa shape index (κ1) is 422. The molecule has 0 aromatic carbocycles. The van der Waals surface area contributed by atoms with Gasteiger partial charge in [-0.25, -0.2) is 0 Å². The topological polar surface area (TPSA) is 761 Å². The van der Waals surface area contributed by atoms with Crippen molar-refractivity contribution in [1.29, 1.82) is 168 Å². The van der Waals surface area contributed by atoms with Gasteiger partial charge < -0.3 is 0 Å². The van der Waals surface area contributed by atoms with Gasteiger partial charge in [-0.1, -0.05) is 0 Å². The van der Waals surface area contributed by atoms with Crippen LogP contribution in [-0.2, 0) is 0 Å². The molecule has 0 aromatic rings. The van der Waals surface area contributed by atoms with Crippen molar-refractivity contribution in [3.8, 4) is 159 Å². The molecule has 32 nitrogen and oxygen atoms in total. The molecule has 0 aliphatic heterocycles. The minimum absolute atomic E-state index is 0. The van der Waals surface area contributed by atoms with Crippen molar-refractivity contribution in [3.05, 3.63) is 0 Å². The first-order valence-electron chi connectivity index (χ1n) is 13.7. The van der Waals surface area contributed by atoms with E-state index < -0.39 is 0 Å². The first-order valence-corrected chi connectivity index (χ1v) is 41.2. The number of hydrogen-bond donors (Lipinski definition) is 0. The van der Waals surface area contributed by atoms with Crippen LogP contribution < -0.4 is 1590 Å². The van der Waals surface area contributed by atoms with Crippen LogP contribution in [0.25, 0.3) is 0 Å². The largest absolute Gasteiger partial charge is 1.00 e. The molecule has 0 atom stereocenters. The summed E-state index contributed by atoms with van der Waals surface area (Å²) < 4.78 is 0. The molecule has 0 radical (unpaired) electrons. The van der Waals surface area contributed by atoms with Gasteiger partial charge in [-0.05, 0) is 0 Å². The minimum atomic E-state index is 0. The Bertz CT molecular complexity index is 1900. The number of nitriles is 32. The predicted octanol–water partition coefficient (Wildman–Crippen LogP) is -105. The average Bonchev–Trinajstić information content (AvgIpc) is 3.46.